The lowest BCUT2D eigenvalue weighted by Gasteiger charge is -2.23. The predicted molar refractivity (Wildman–Crippen MR) is 170 cm³/mol. The Bertz CT molecular complexity index is 2090. The first-order valence-corrected chi connectivity index (χ1v) is 14.1. The Labute approximate surface area is 234 Å². The van der Waals surface area contributed by atoms with Crippen LogP contribution in [-0.4, -0.2) is 4.98 Å². The second-order valence-electron chi connectivity index (χ2n) is 11.7. The topological polar surface area (TPSA) is 12.9 Å². The maximum atomic E-state index is 4.65. The van der Waals surface area contributed by atoms with E-state index in [2.05, 4.69) is 141 Å². The van der Waals surface area contributed by atoms with Crippen LogP contribution < -0.4 is 0 Å². The number of nitrogens with zero attached hydrogens (tertiary/aromatic N) is 1. The van der Waals surface area contributed by atoms with Gasteiger partial charge < -0.3 is 0 Å². The van der Waals surface area contributed by atoms with Crippen LogP contribution >= 0.6 is 0 Å². The van der Waals surface area contributed by atoms with Crippen molar-refractivity contribution in [3.8, 4) is 33.4 Å². The average molecular weight is 512 g/mol. The zero-order valence-electron chi connectivity index (χ0n) is 23.0. The Morgan fingerprint density at radius 2 is 1.18 bits per heavy atom. The van der Waals surface area contributed by atoms with E-state index in [9.17, 15) is 0 Å². The molecule has 1 aliphatic carbocycles. The fourth-order valence-electron chi connectivity index (χ4n) is 7.07. The van der Waals surface area contributed by atoms with Gasteiger partial charge in [0.2, 0.25) is 0 Å². The Balaban J connectivity index is 1.46. The van der Waals surface area contributed by atoms with Crippen LogP contribution in [-0.2, 0) is 5.41 Å². The number of hydrogen-bond donors (Lipinski definition) is 0. The van der Waals surface area contributed by atoms with Crippen molar-refractivity contribution >= 4 is 32.3 Å². The molecule has 1 aliphatic rings. The summed E-state index contributed by atoms with van der Waals surface area (Å²) in [6, 6.07) is 40.4. The molecule has 0 saturated heterocycles. The first kappa shape index (κ1) is 23.2. The summed E-state index contributed by atoms with van der Waals surface area (Å²) in [7, 11) is 0. The summed E-state index contributed by atoms with van der Waals surface area (Å²) in [6.45, 7) is 6.91. The van der Waals surface area contributed by atoms with E-state index >= 15 is 0 Å². The van der Waals surface area contributed by atoms with Crippen LogP contribution in [0.15, 0.2) is 122 Å². The summed E-state index contributed by atoms with van der Waals surface area (Å²) in [4.78, 5) is 4.65. The van der Waals surface area contributed by atoms with Crippen LogP contribution in [0.3, 0.4) is 0 Å². The molecule has 8 rings (SSSR count). The minimum absolute atomic E-state index is 0.0561. The number of benzene rings is 6. The number of aryl methyl sites for hydroxylation is 1. The number of pyridine rings is 1. The molecule has 6 aromatic carbocycles. The quantitative estimate of drug-likeness (QED) is 0.210. The summed E-state index contributed by atoms with van der Waals surface area (Å²) in [6.07, 6.45) is 3.99. The van der Waals surface area contributed by atoms with Crippen molar-refractivity contribution < 1.29 is 0 Å². The smallest absolute Gasteiger partial charge is 0.0353 e. The van der Waals surface area contributed by atoms with Gasteiger partial charge in [0.1, 0.15) is 0 Å². The molecule has 1 heterocycles. The van der Waals surface area contributed by atoms with Crippen molar-refractivity contribution in [3.05, 3.63) is 138 Å². The van der Waals surface area contributed by atoms with Gasteiger partial charge in [-0.15, -0.1) is 0 Å². The van der Waals surface area contributed by atoms with Crippen LogP contribution in [0.1, 0.15) is 30.5 Å². The maximum absolute atomic E-state index is 4.65. The van der Waals surface area contributed by atoms with Gasteiger partial charge >= 0.3 is 0 Å². The van der Waals surface area contributed by atoms with Gasteiger partial charge in [-0.2, -0.15) is 0 Å². The zero-order chi connectivity index (χ0) is 27.0. The van der Waals surface area contributed by atoms with Crippen molar-refractivity contribution in [2.75, 3.05) is 0 Å². The number of rotatable bonds is 2. The van der Waals surface area contributed by atoms with Gasteiger partial charge in [0.15, 0.2) is 0 Å². The highest BCUT2D eigenvalue weighted by Gasteiger charge is 2.35. The third-order valence-electron chi connectivity index (χ3n) is 9.00. The van der Waals surface area contributed by atoms with E-state index in [4.69, 9.17) is 0 Å². The molecule has 0 saturated carbocycles. The van der Waals surface area contributed by atoms with E-state index in [1.165, 1.54) is 82.4 Å². The molecule has 1 heteroatoms. The molecule has 1 nitrogen and oxygen atoms in total. The van der Waals surface area contributed by atoms with Crippen LogP contribution in [0.5, 0.6) is 0 Å². The van der Waals surface area contributed by atoms with E-state index in [0.29, 0.717) is 0 Å². The molecule has 0 N–H and O–H groups in total. The molecule has 0 radical (unpaired) electrons. The van der Waals surface area contributed by atoms with E-state index in [-0.39, 0.29) is 5.41 Å². The fourth-order valence-corrected chi connectivity index (χ4v) is 7.07. The van der Waals surface area contributed by atoms with Gasteiger partial charge in [0, 0.05) is 23.2 Å². The minimum Gasteiger partial charge on any atom is -0.264 e. The number of aromatic nitrogens is 1. The van der Waals surface area contributed by atoms with Gasteiger partial charge in [0.25, 0.3) is 0 Å². The van der Waals surface area contributed by atoms with Gasteiger partial charge in [-0.05, 0) is 90.5 Å². The molecular formula is C39H29N. The average Bonchev–Trinajstić information content (AvgIpc) is 3.21. The predicted octanol–water partition coefficient (Wildman–Crippen LogP) is 10.5. The summed E-state index contributed by atoms with van der Waals surface area (Å²) in [5, 5.41) is 7.48. The van der Waals surface area contributed by atoms with Gasteiger partial charge in [-0.1, -0.05) is 116 Å². The SMILES string of the molecule is Cc1ccc2c(c1)C(C)(C)c1cc(-c3c4ccccc4c(-c4cccc5ccccc45)c4ccncc34)ccc1-2. The van der Waals surface area contributed by atoms with Crippen molar-refractivity contribution in [1.29, 1.82) is 0 Å². The second-order valence-corrected chi connectivity index (χ2v) is 11.7. The molecule has 190 valence electrons. The fraction of sp³-hybridized carbons (Fsp3) is 0.103. The van der Waals surface area contributed by atoms with Gasteiger partial charge in [-0.3, -0.25) is 4.98 Å². The lowest BCUT2D eigenvalue weighted by molar-refractivity contribution is 0.660. The number of hydrogen-bond acceptors (Lipinski definition) is 1. The van der Waals surface area contributed by atoms with E-state index in [1.54, 1.807) is 0 Å². The standard InChI is InChI=1S/C39H29N/c1-24-15-17-28-29-18-16-26(22-36(29)39(2,3)35(28)21-24)37-31-12-6-7-13-32(31)38(33-19-20-40-23-34(33)37)30-14-8-10-25-9-4-5-11-27(25)30/h4-23H,1-3H3. The Kier molecular flexibility index (Phi) is 4.85. The molecule has 0 aliphatic heterocycles. The summed E-state index contributed by atoms with van der Waals surface area (Å²) in [5.74, 6) is 0. The minimum atomic E-state index is -0.0561. The lowest BCUT2D eigenvalue weighted by Crippen LogP contribution is -2.15. The van der Waals surface area contributed by atoms with Crippen LogP contribution in [0.25, 0.3) is 65.7 Å². The zero-order valence-corrected chi connectivity index (χ0v) is 23.0. The molecule has 0 unspecified atom stereocenters. The summed E-state index contributed by atoms with van der Waals surface area (Å²) < 4.78 is 0. The highest BCUT2D eigenvalue weighted by atomic mass is 14.6. The highest BCUT2D eigenvalue weighted by Crippen LogP contribution is 2.51. The summed E-state index contributed by atoms with van der Waals surface area (Å²) in [5.41, 5.74) is 11.8. The molecule has 0 fully saturated rings. The Morgan fingerprint density at radius 1 is 0.525 bits per heavy atom. The van der Waals surface area contributed by atoms with Crippen LogP contribution in [0.2, 0.25) is 0 Å². The molecule has 1 aromatic heterocycles. The van der Waals surface area contributed by atoms with Gasteiger partial charge in [0.05, 0.1) is 0 Å². The Hall–Kier alpha value is -4.75. The second kappa shape index (κ2) is 8.37. The molecule has 7 aromatic rings. The van der Waals surface area contributed by atoms with Gasteiger partial charge in [-0.25, -0.2) is 0 Å². The monoisotopic (exact) mass is 511 g/mol. The third-order valence-corrected chi connectivity index (χ3v) is 9.00. The number of fused-ring (bicyclic) bond motifs is 6. The van der Waals surface area contributed by atoms with Crippen LogP contribution in [0, 0.1) is 6.92 Å². The van der Waals surface area contributed by atoms with Crippen molar-refractivity contribution in [3.63, 3.8) is 0 Å². The summed E-state index contributed by atoms with van der Waals surface area (Å²) >= 11 is 0. The highest BCUT2D eigenvalue weighted by molar-refractivity contribution is 6.23. The molecule has 0 spiro atoms. The first-order chi connectivity index (χ1) is 19.5. The van der Waals surface area contributed by atoms with E-state index in [0.717, 1.165) is 0 Å². The molecular weight excluding hydrogens is 482 g/mol. The Morgan fingerprint density at radius 3 is 2.00 bits per heavy atom. The normalized spacial score (nSPS) is 13.6. The first-order valence-electron chi connectivity index (χ1n) is 14.1. The lowest BCUT2D eigenvalue weighted by atomic mass is 9.80. The van der Waals surface area contributed by atoms with Crippen molar-refractivity contribution in [1.82, 2.24) is 4.98 Å². The van der Waals surface area contributed by atoms with E-state index in [1.807, 2.05) is 6.20 Å². The van der Waals surface area contributed by atoms with Crippen molar-refractivity contribution in [2.45, 2.75) is 26.2 Å². The maximum Gasteiger partial charge on any atom is 0.0353 e. The molecule has 0 atom stereocenters. The van der Waals surface area contributed by atoms with Crippen molar-refractivity contribution in [2.24, 2.45) is 0 Å². The molecule has 0 amide bonds. The third kappa shape index (κ3) is 3.18. The van der Waals surface area contributed by atoms with Crippen LogP contribution in [0.4, 0.5) is 0 Å². The molecule has 0 bridgehead atoms. The van der Waals surface area contributed by atoms with E-state index < -0.39 is 0 Å². The molecule has 40 heavy (non-hydrogen) atoms. The largest absolute Gasteiger partial charge is 0.264 e.